The molecular formula is C7H5ClN2O5. The molecule has 1 atom stereocenters. The number of carbonyl (C=O) groups is 1. The Balaban J connectivity index is 3.25. The molecule has 0 amide bonds. The second-order valence-electron chi connectivity index (χ2n) is 2.89. The predicted octanol–water partition coefficient (Wildman–Crippen LogP) is 0.888. The van der Waals surface area contributed by atoms with Crippen LogP contribution in [0.25, 0.3) is 0 Å². The summed E-state index contributed by atoms with van der Waals surface area (Å²) in [5, 5.41) is 19.8. The van der Waals surface area contributed by atoms with Gasteiger partial charge in [-0.2, -0.15) is 0 Å². The quantitative estimate of drug-likeness (QED) is 0.408. The molecule has 1 rings (SSSR count). The van der Waals surface area contributed by atoms with Crippen LogP contribution in [0.5, 0.6) is 0 Å². The zero-order valence-corrected chi connectivity index (χ0v) is 8.01. The third-order valence-electron chi connectivity index (χ3n) is 1.98. The molecule has 0 saturated heterocycles. The van der Waals surface area contributed by atoms with Crippen molar-refractivity contribution in [1.82, 2.24) is 0 Å². The van der Waals surface area contributed by atoms with E-state index in [1.54, 1.807) is 0 Å². The van der Waals surface area contributed by atoms with E-state index in [1.807, 2.05) is 0 Å². The lowest BCUT2D eigenvalue weighted by atomic mass is 9.92. The second-order valence-corrected chi connectivity index (χ2v) is 3.23. The van der Waals surface area contributed by atoms with Crippen LogP contribution in [0.1, 0.15) is 6.42 Å². The summed E-state index contributed by atoms with van der Waals surface area (Å²) in [6, 6.07) is 0. The van der Waals surface area contributed by atoms with Crippen molar-refractivity contribution in [3.63, 3.8) is 0 Å². The summed E-state index contributed by atoms with van der Waals surface area (Å²) in [6.07, 6.45) is 2.67. The maximum atomic E-state index is 11.0. The van der Waals surface area contributed by atoms with Gasteiger partial charge in [-0.05, 0) is 11.6 Å². The van der Waals surface area contributed by atoms with Crippen molar-refractivity contribution in [3.8, 4) is 0 Å². The highest BCUT2D eigenvalue weighted by Crippen LogP contribution is 2.27. The molecule has 0 aromatic heterocycles. The Labute approximate surface area is 88.3 Å². The van der Waals surface area contributed by atoms with Gasteiger partial charge in [-0.15, -0.1) is 0 Å². The monoisotopic (exact) mass is 232 g/mol. The number of nitro groups is 2. The molecule has 0 aromatic rings. The maximum absolute atomic E-state index is 11.0. The van der Waals surface area contributed by atoms with Crippen LogP contribution in [0.2, 0.25) is 0 Å². The first-order chi connectivity index (χ1) is 6.90. The van der Waals surface area contributed by atoms with Crippen molar-refractivity contribution >= 4 is 16.8 Å². The van der Waals surface area contributed by atoms with E-state index >= 15 is 0 Å². The van der Waals surface area contributed by atoms with Crippen molar-refractivity contribution in [1.29, 1.82) is 0 Å². The Hall–Kier alpha value is -1.76. The first-order valence-electron chi connectivity index (χ1n) is 3.78. The number of allylic oxidation sites excluding steroid dienone is 1. The summed E-state index contributed by atoms with van der Waals surface area (Å²) >= 11 is 5.10. The summed E-state index contributed by atoms with van der Waals surface area (Å²) in [7, 11) is 0. The van der Waals surface area contributed by atoms with Crippen molar-refractivity contribution < 1.29 is 14.6 Å². The Morgan fingerprint density at radius 2 is 2.07 bits per heavy atom. The second kappa shape index (κ2) is 3.77. The average molecular weight is 233 g/mol. The average Bonchev–Trinajstić information content (AvgIpc) is 2.17. The van der Waals surface area contributed by atoms with Crippen molar-refractivity contribution in [2.45, 2.75) is 12.0 Å². The normalized spacial score (nSPS) is 24.5. The smallest absolute Gasteiger partial charge is 0.273 e. The Bertz CT molecular complexity index is 386. The minimum atomic E-state index is -2.21. The van der Waals surface area contributed by atoms with E-state index in [1.165, 1.54) is 6.08 Å². The molecule has 80 valence electrons. The van der Waals surface area contributed by atoms with Crippen molar-refractivity contribution in [2.75, 3.05) is 0 Å². The van der Waals surface area contributed by atoms with Crippen LogP contribution in [0, 0.1) is 20.2 Å². The molecule has 1 unspecified atom stereocenters. The number of hydrogen-bond acceptors (Lipinski definition) is 5. The molecule has 0 saturated carbocycles. The fourth-order valence-electron chi connectivity index (χ4n) is 1.16. The summed E-state index contributed by atoms with van der Waals surface area (Å²) in [4.78, 5) is 30.3. The van der Waals surface area contributed by atoms with Crippen LogP contribution >= 0.6 is 11.6 Å². The van der Waals surface area contributed by atoms with Crippen LogP contribution in [0.3, 0.4) is 0 Å². The largest absolute Gasteiger partial charge is 0.322 e. The van der Waals surface area contributed by atoms with Gasteiger partial charge in [0.05, 0.1) is 11.0 Å². The first kappa shape index (κ1) is 11.3. The van der Waals surface area contributed by atoms with Gasteiger partial charge in [-0.1, -0.05) is 6.08 Å². The molecule has 0 N–H and O–H groups in total. The molecule has 0 fully saturated rings. The number of nitrogens with zero attached hydrogens (tertiary/aromatic N) is 2. The van der Waals surface area contributed by atoms with Gasteiger partial charge in [0.15, 0.2) is 0 Å². The zero-order chi connectivity index (χ0) is 11.6. The molecule has 1 aliphatic rings. The lowest BCUT2D eigenvalue weighted by molar-refractivity contribution is -0.538. The Morgan fingerprint density at radius 1 is 1.47 bits per heavy atom. The lowest BCUT2D eigenvalue weighted by Gasteiger charge is -2.17. The van der Waals surface area contributed by atoms with Gasteiger partial charge >= 0.3 is 10.8 Å². The summed E-state index contributed by atoms with van der Waals surface area (Å²) in [6.45, 7) is 0. The van der Waals surface area contributed by atoms with E-state index in [4.69, 9.17) is 11.6 Å². The Kier molecular flexibility index (Phi) is 2.85. The number of carbonyl (C=O) groups excluding carboxylic acids is 1. The fraction of sp³-hybridized carbons (Fsp3) is 0.286. The summed E-state index contributed by atoms with van der Waals surface area (Å²) in [5.41, 5.74) is -2.72. The van der Waals surface area contributed by atoms with Crippen LogP contribution in [0.4, 0.5) is 0 Å². The zero-order valence-electron chi connectivity index (χ0n) is 7.25. The number of rotatable bonds is 3. The van der Waals surface area contributed by atoms with Gasteiger partial charge in [-0.25, -0.2) is 0 Å². The van der Waals surface area contributed by atoms with E-state index in [0.29, 0.717) is 6.08 Å². The standard InChI is InChI=1S/C7H5ClN2O5/c8-6(11)7(10(14)15)3-1-2-5(4-7)9(12)13/h1-2,4H,3H2. The van der Waals surface area contributed by atoms with Crippen LogP contribution in [-0.4, -0.2) is 20.6 Å². The third-order valence-corrected chi connectivity index (χ3v) is 2.31. The third kappa shape index (κ3) is 1.86. The molecule has 7 nitrogen and oxygen atoms in total. The van der Waals surface area contributed by atoms with E-state index in [9.17, 15) is 25.0 Å². The van der Waals surface area contributed by atoms with Gasteiger partial charge in [0.1, 0.15) is 0 Å². The van der Waals surface area contributed by atoms with Gasteiger partial charge < -0.3 is 0 Å². The SMILES string of the molecule is O=C(Cl)C1([N+](=O)[O-])C=C([N+](=O)[O-])C=CC1. The predicted molar refractivity (Wildman–Crippen MR) is 49.4 cm³/mol. The lowest BCUT2D eigenvalue weighted by Crippen LogP contribution is -2.43. The van der Waals surface area contributed by atoms with E-state index < -0.39 is 26.3 Å². The minimum Gasteiger partial charge on any atom is -0.273 e. The first-order valence-corrected chi connectivity index (χ1v) is 4.16. The fourth-order valence-corrected chi connectivity index (χ4v) is 1.36. The van der Waals surface area contributed by atoms with Crippen molar-refractivity contribution in [2.24, 2.45) is 0 Å². The van der Waals surface area contributed by atoms with Gasteiger partial charge in [-0.3, -0.25) is 25.0 Å². The van der Waals surface area contributed by atoms with Crippen molar-refractivity contribution in [3.05, 3.63) is 44.2 Å². The molecule has 0 aromatic carbocycles. The topological polar surface area (TPSA) is 103 Å². The van der Waals surface area contributed by atoms with Crippen LogP contribution in [-0.2, 0) is 4.79 Å². The number of halogens is 1. The maximum Gasteiger partial charge on any atom is 0.322 e. The summed E-state index contributed by atoms with van der Waals surface area (Å²) in [5.74, 6) is 0. The molecule has 0 radical (unpaired) electrons. The van der Waals surface area contributed by atoms with E-state index in [0.717, 1.165) is 6.08 Å². The highest BCUT2D eigenvalue weighted by Gasteiger charge is 2.50. The van der Waals surface area contributed by atoms with Gasteiger partial charge in [0, 0.05) is 17.4 Å². The molecule has 1 aliphatic carbocycles. The molecule has 15 heavy (non-hydrogen) atoms. The highest BCUT2D eigenvalue weighted by molar-refractivity contribution is 6.65. The summed E-state index contributed by atoms with van der Waals surface area (Å²) < 4.78 is 0. The molecule has 0 aliphatic heterocycles. The van der Waals surface area contributed by atoms with Gasteiger partial charge in [0.2, 0.25) is 0 Å². The molecule has 0 bridgehead atoms. The molecule has 0 heterocycles. The Morgan fingerprint density at radius 3 is 2.47 bits per heavy atom. The van der Waals surface area contributed by atoms with Crippen LogP contribution in [0.15, 0.2) is 23.9 Å². The van der Waals surface area contributed by atoms with E-state index in [2.05, 4.69) is 0 Å². The van der Waals surface area contributed by atoms with Gasteiger partial charge in [0.25, 0.3) is 5.70 Å². The van der Waals surface area contributed by atoms with Crippen LogP contribution < -0.4 is 0 Å². The van der Waals surface area contributed by atoms with E-state index in [-0.39, 0.29) is 6.42 Å². The number of hydrogen-bond donors (Lipinski definition) is 0. The molecular weight excluding hydrogens is 228 g/mol. The molecule has 0 spiro atoms. The molecule has 8 heteroatoms. The minimum absolute atomic E-state index is 0.278. The highest BCUT2D eigenvalue weighted by atomic mass is 35.5.